The largest absolute Gasteiger partial charge is 0.336 e. The van der Waals surface area contributed by atoms with E-state index < -0.39 is 11.6 Å². The SMILES string of the molecule is CC(=O)Nc1ccc(Nc2ccc(F)cc2F)nn1. The van der Waals surface area contributed by atoms with Crippen molar-refractivity contribution in [2.24, 2.45) is 0 Å². The maximum atomic E-state index is 13.4. The molecule has 0 unspecified atom stereocenters. The lowest BCUT2D eigenvalue weighted by atomic mass is 10.3. The third-order valence-electron chi connectivity index (χ3n) is 2.16. The molecule has 0 saturated carbocycles. The highest BCUT2D eigenvalue weighted by Gasteiger charge is 2.05. The van der Waals surface area contributed by atoms with Gasteiger partial charge in [-0.2, -0.15) is 0 Å². The van der Waals surface area contributed by atoms with Crippen LogP contribution >= 0.6 is 0 Å². The Hall–Kier alpha value is -2.57. The van der Waals surface area contributed by atoms with E-state index in [0.717, 1.165) is 12.1 Å². The number of amides is 1. The van der Waals surface area contributed by atoms with Crippen molar-refractivity contribution in [1.29, 1.82) is 0 Å². The van der Waals surface area contributed by atoms with Crippen LogP contribution in [0.2, 0.25) is 0 Å². The van der Waals surface area contributed by atoms with Crippen molar-refractivity contribution in [2.75, 3.05) is 10.6 Å². The molecular weight excluding hydrogens is 254 g/mol. The Morgan fingerprint density at radius 2 is 1.79 bits per heavy atom. The first-order valence-corrected chi connectivity index (χ1v) is 5.38. The fraction of sp³-hybridized carbons (Fsp3) is 0.0833. The van der Waals surface area contributed by atoms with E-state index in [1.165, 1.54) is 25.1 Å². The summed E-state index contributed by atoms with van der Waals surface area (Å²) in [4.78, 5) is 10.8. The lowest BCUT2D eigenvalue weighted by Crippen LogP contribution is -2.08. The lowest BCUT2D eigenvalue weighted by Gasteiger charge is -2.06. The van der Waals surface area contributed by atoms with Gasteiger partial charge in [0.15, 0.2) is 11.6 Å². The van der Waals surface area contributed by atoms with Crippen molar-refractivity contribution >= 4 is 23.2 Å². The summed E-state index contributed by atoms with van der Waals surface area (Å²) < 4.78 is 26.1. The van der Waals surface area contributed by atoms with Crippen LogP contribution in [0, 0.1) is 11.6 Å². The van der Waals surface area contributed by atoms with Gasteiger partial charge in [-0.05, 0) is 24.3 Å². The van der Waals surface area contributed by atoms with E-state index in [0.29, 0.717) is 0 Å². The van der Waals surface area contributed by atoms with E-state index in [1.54, 1.807) is 0 Å². The van der Waals surface area contributed by atoms with Gasteiger partial charge in [0.05, 0.1) is 5.69 Å². The smallest absolute Gasteiger partial charge is 0.222 e. The summed E-state index contributed by atoms with van der Waals surface area (Å²) in [6, 6.07) is 6.18. The maximum Gasteiger partial charge on any atom is 0.222 e. The van der Waals surface area contributed by atoms with Crippen molar-refractivity contribution < 1.29 is 13.6 Å². The number of carbonyl (C=O) groups excluding carboxylic acids is 1. The minimum absolute atomic E-state index is 0.0861. The number of anilines is 3. The minimum atomic E-state index is -0.729. The van der Waals surface area contributed by atoms with E-state index >= 15 is 0 Å². The third-order valence-corrected chi connectivity index (χ3v) is 2.16. The molecule has 0 aliphatic rings. The van der Waals surface area contributed by atoms with Gasteiger partial charge in [-0.25, -0.2) is 8.78 Å². The molecule has 5 nitrogen and oxygen atoms in total. The first kappa shape index (κ1) is 12.9. The van der Waals surface area contributed by atoms with Crippen LogP contribution in [-0.4, -0.2) is 16.1 Å². The first-order valence-electron chi connectivity index (χ1n) is 5.38. The Balaban J connectivity index is 2.13. The molecule has 0 radical (unpaired) electrons. The number of hydrogen-bond acceptors (Lipinski definition) is 4. The molecule has 1 amide bonds. The summed E-state index contributed by atoms with van der Waals surface area (Å²) in [5.74, 6) is -1.08. The van der Waals surface area contributed by atoms with E-state index in [9.17, 15) is 13.6 Å². The Bertz CT molecular complexity index is 601. The molecule has 1 aromatic heterocycles. The zero-order valence-electron chi connectivity index (χ0n) is 9.95. The number of hydrogen-bond donors (Lipinski definition) is 2. The second-order valence-electron chi connectivity index (χ2n) is 3.73. The quantitative estimate of drug-likeness (QED) is 0.893. The molecule has 0 aliphatic carbocycles. The Kier molecular flexibility index (Phi) is 3.65. The Labute approximate surface area is 107 Å². The molecule has 0 aliphatic heterocycles. The summed E-state index contributed by atoms with van der Waals surface area (Å²) in [5, 5.41) is 12.6. The molecule has 1 heterocycles. The van der Waals surface area contributed by atoms with Crippen molar-refractivity contribution in [3.05, 3.63) is 42.0 Å². The van der Waals surface area contributed by atoms with Crippen molar-refractivity contribution in [1.82, 2.24) is 10.2 Å². The molecule has 0 saturated heterocycles. The van der Waals surface area contributed by atoms with E-state index in [-0.39, 0.29) is 23.2 Å². The first-order chi connectivity index (χ1) is 9.04. The summed E-state index contributed by atoms with van der Waals surface area (Å²) in [6.07, 6.45) is 0. The normalized spacial score (nSPS) is 10.1. The minimum Gasteiger partial charge on any atom is -0.336 e. The zero-order valence-corrected chi connectivity index (χ0v) is 9.95. The summed E-state index contributed by atoms with van der Waals surface area (Å²) in [7, 11) is 0. The number of carbonyl (C=O) groups is 1. The number of halogens is 2. The van der Waals surface area contributed by atoms with Crippen LogP contribution in [-0.2, 0) is 4.79 Å². The zero-order chi connectivity index (χ0) is 13.8. The molecule has 98 valence electrons. The van der Waals surface area contributed by atoms with Gasteiger partial charge in [0.2, 0.25) is 5.91 Å². The van der Waals surface area contributed by atoms with Gasteiger partial charge in [0.1, 0.15) is 11.6 Å². The number of benzene rings is 1. The fourth-order valence-corrected chi connectivity index (χ4v) is 1.37. The number of nitrogens with zero attached hydrogens (tertiary/aromatic N) is 2. The van der Waals surface area contributed by atoms with Gasteiger partial charge in [-0.15, -0.1) is 10.2 Å². The second-order valence-corrected chi connectivity index (χ2v) is 3.73. The molecular formula is C12H10F2N4O. The van der Waals surface area contributed by atoms with Crippen molar-refractivity contribution in [2.45, 2.75) is 6.92 Å². The van der Waals surface area contributed by atoms with Crippen molar-refractivity contribution in [3.8, 4) is 0 Å². The predicted molar refractivity (Wildman–Crippen MR) is 66.0 cm³/mol. The molecule has 2 rings (SSSR count). The second kappa shape index (κ2) is 5.38. The average Bonchev–Trinajstić information content (AvgIpc) is 2.34. The topological polar surface area (TPSA) is 66.9 Å². The van der Waals surface area contributed by atoms with Gasteiger partial charge in [0, 0.05) is 13.0 Å². The fourth-order valence-electron chi connectivity index (χ4n) is 1.37. The van der Waals surface area contributed by atoms with E-state index in [2.05, 4.69) is 20.8 Å². The molecule has 1 aromatic carbocycles. The van der Waals surface area contributed by atoms with Crippen LogP contribution in [0.3, 0.4) is 0 Å². The molecule has 19 heavy (non-hydrogen) atoms. The van der Waals surface area contributed by atoms with Gasteiger partial charge in [0.25, 0.3) is 0 Å². The molecule has 0 spiro atoms. The third kappa shape index (κ3) is 3.44. The van der Waals surface area contributed by atoms with Crippen molar-refractivity contribution in [3.63, 3.8) is 0 Å². The van der Waals surface area contributed by atoms with Crippen LogP contribution < -0.4 is 10.6 Å². The summed E-state index contributed by atoms with van der Waals surface area (Å²) >= 11 is 0. The van der Waals surface area contributed by atoms with Crippen LogP contribution in [0.1, 0.15) is 6.92 Å². The summed E-state index contributed by atoms with van der Waals surface area (Å²) in [6.45, 7) is 1.35. The standard InChI is InChI=1S/C12H10F2N4O/c1-7(19)15-11-4-5-12(18-17-11)16-10-3-2-8(13)6-9(10)14/h2-6H,1H3,(H,16,18)(H,15,17,19). The molecule has 0 bridgehead atoms. The molecule has 7 heteroatoms. The van der Waals surface area contributed by atoms with Crippen LogP contribution in [0.15, 0.2) is 30.3 Å². The van der Waals surface area contributed by atoms with E-state index in [4.69, 9.17) is 0 Å². The van der Waals surface area contributed by atoms with Crippen LogP contribution in [0.25, 0.3) is 0 Å². The number of aromatic nitrogens is 2. The lowest BCUT2D eigenvalue weighted by molar-refractivity contribution is -0.114. The van der Waals surface area contributed by atoms with Crippen LogP contribution in [0.4, 0.5) is 26.1 Å². The molecule has 2 N–H and O–H groups in total. The highest BCUT2D eigenvalue weighted by atomic mass is 19.1. The number of nitrogens with one attached hydrogen (secondary N) is 2. The molecule has 0 atom stereocenters. The van der Waals surface area contributed by atoms with Crippen LogP contribution in [0.5, 0.6) is 0 Å². The molecule has 0 fully saturated rings. The van der Waals surface area contributed by atoms with Gasteiger partial charge in [-0.3, -0.25) is 4.79 Å². The highest BCUT2D eigenvalue weighted by Crippen LogP contribution is 2.19. The van der Waals surface area contributed by atoms with Gasteiger partial charge < -0.3 is 10.6 Å². The monoisotopic (exact) mass is 264 g/mol. The average molecular weight is 264 g/mol. The Morgan fingerprint density at radius 1 is 1.11 bits per heavy atom. The Morgan fingerprint density at radius 3 is 2.37 bits per heavy atom. The van der Waals surface area contributed by atoms with Gasteiger partial charge >= 0.3 is 0 Å². The molecule has 2 aromatic rings. The van der Waals surface area contributed by atoms with E-state index in [1.807, 2.05) is 0 Å². The number of rotatable bonds is 3. The van der Waals surface area contributed by atoms with Gasteiger partial charge in [-0.1, -0.05) is 0 Å². The highest BCUT2D eigenvalue weighted by molar-refractivity contribution is 5.87. The predicted octanol–water partition coefficient (Wildman–Crippen LogP) is 2.46. The maximum absolute atomic E-state index is 13.4. The summed E-state index contributed by atoms with van der Waals surface area (Å²) in [5.41, 5.74) is 0.0861.